The SMILES string of the molecule is Cc1cc(/C=C\C(N)=O)ccc1O. The van der Waals surface area contributed by atoms with Crippen LogP contribution in [-0.2, 0) is 4.79 Å². The lowest BCUT2D eigenvalue weighted by Crippen LogP contribution is -2.05. The van der Waals surface area contributed by atoms with Gasteiger partial charge in [-0.25, -0.2) is 0 Å². The molecule has 0 unspecified atom stereocenters. The molecule has 0 aliphatic heterocycles. The predicted octanol–water partition coefficient (Wildman–Crippen LogP) is 1.20. The fourth-order valence-electron chi connectivity index (χ4n) is 0.961. The topological polar surface area (TPSA) is 63.3 Å². The van der Waals surface area contributed by atoms with Crippen molar-refractivity contribution < 1.29 is 9.90 Å². The average Bonchev–Trinajstić information content (AvgIpc) is 2.07. The first-order valence-corrected chi connectivity index (χ1v) is 3.87. The van der Waals surface area contributed by atoms with Crippen LogP contribution in [0.4, 0.5) is 0 Å². The third-order valence-corrected chi connectivity index (χ3v) is 1.66. The molecule has 0 heterocycles. The summed E-state index contributed by atoms with van der Waals surface area (Å²) in [6.45, 7) is 1.79. The maximum Gasteiger partial charge on any atom is 0.241 e. The third kappa shape index (κ3) is 2.63. The van der Waals surface area contributed by atoms with Crippen molar-refractivity contribution in [1.29, 1.82) is 0 Å². The van der Waals surface area contributed by atoms with Crippen molar-refractivity contribution in [1.82, 2.24) is 0 Å². The number of hydrogen-bond acceptors (Lipinski definition) is 2. The first-order valence-electron chi connectivity index (χ1n) is 3.87. The second kappa shape index (κ2) is 3.76. The number of primary amides is 1. The molecular formula is C10H11NO2. The molecule has 0 aromatic heterocycles. The van der Waals surface area contributed by atoms with Crippen molar-refractivity contribution in [3.63, 3.8) is 0 Å². The van der Waals surface area contributed by atoms with Crippen molar-refractivity contribution in [2.24, 2.45) is 5.73 Å². The van der Waals surface area contributed by atoms with E-state index in [2.05, 4.69) is 0 Å². The Bertz CT molecular complexity index is 356. The van der Waals surface area contributed by atoms with Crippen molar-refractivity contribution in [2.75, 3.05) is 0 Å². The Balaban J connectivity index is 2.92. The van der Waals surface area contributed by atoms with Crippen LogP contribution in [-0.4, -0.2) is 11.0 Å². The van der Waals surface area contributed by atoms with Gasteiger partial charge in [-0.1, -0.05) is 6.07 Å². The van der Waals surface area contributed by atoms with Gasteiger partial charge < -0.3 is 10.8 Å². The number of aryl methyl sites for hydroxylation is 1. The highest BCUT2D eigenvalue weighted by Gasteiger charge is 1.95. The monoisotopic (exact) mass is 177 g/mol. The lowest BCUT2D eigenvalue weighted by molar-refractivity contribution is -0.113. The van der Waals surface area contributed by atoms with Crippen LogP contribution in [0.15, 0.2) is 24.3 Å². The molecule has 1 aromatic carbocycles. The van der Waals surface area contributed by atoms with E-state index < -0.39 is 5.91 Å². The van der Waals surface area contributed by atoms with Crippen LogP contribution in [0.3, 0.4) is 0 Å². The average molecular weight is 177 g/mol. The summed E-state index contributed by atoms with van der Waals surface area (Å²) >= 11 is 0. The molecule has 1 amide bonds. The first kappa shape index (κ1) is 9.32. The molecule has 3 N–H and O–H groups in total. The van der Waals surface area contributed by atoms with Gasteiger partial charge in [0, 0.05) is 6.08 Å². The van der Waals surface area contributed by atoms with Gasteiger partial charge in [-0.3, -0.25) is 4.79 Å². The van der Waals surface area contributed by atoms with Crippen LogP contribution >= 0.6 is 0 Å². The summed E-state index contributed by atoms with van der Waals surface area (Å²) in [7, 11) is 0. The number of rotatable bonds is 2. The van der Waals surface area contributed by atoms with Crippen LogP contribution in [0, 0.1) is 6.92 Å². The van der Waals surface area contributed by atoms with Gasteiger partial charge in [-0.05, 0) is 36.3 Å². The van der Waals surface area contributed by atoms with Crippen LogP contribution in [0.25, 0.3) is 6.08 Å². The summed E-state index contributed by atoms with van der Waals surface area (Å²) in [5.74, 6) is -0.234. The fourth-order valence-corrected chi connectivity index (χ4v) is 0.961. The number of hydrogen-bond donors (Lipinski definition) is 2. The summed E-state index contributed by atoms with van der Waals surface area (Å²) in [6, 6.07) is 5.06. The largest absolute Gasteiger partial charge is 0.508 e. The molecule has 13 heavy (non-hydrogen) atoms. The lowest BCUT2D eigenvalue weighted by atomic mass is 10.1. The van der Waals surface area contributed by atoms with E-state index in [4.69, 9.17) is 5.73 Å². The molecule has 0 fully saturated rings. The van der Waals surface area contributed by atoms with Gasteiger partial charge in [-0.2, -0.15) is 0 Å². The highest BCUT2D eigenvalue weighted by molar-refractivity contribution is 5.90. The molecule has 0 radical (unpaired) electrons. The molecule has 68 valence electrons. The number of carbonyl (C=O) groups excluding carboxylic acids is 1. The molecule has 0 saturated carbocycles. The lowest BCUT2D eigenvalue weighted by Gasteiger charge is -1.98. The molecule has 3 heteroatoms. The Kier molecular flexibility index (Phi) is 2.69. The summed E-state index contributed by atoms with van der Waals surface area (Å²) in [6.07, 6.45) is 2.89. The number of benzene rings is 1. The van der Waals surface area contributed by atoms with Gasteiger partial charge in [-0.15, -0.1) is 0 Å². The maximum atomic E-state index is 10.4. The zero-order valence-corrected chi connectivity index (χ0v) is 7.32. The molecule has 3 nitrogen and oxygen atoms in total. The molecule has 1 rings (SSSR count). The molecule has 1 aromatic rings. The molecule has 0 bridgehead atoms. The highest BCUT2D eigenvalue weighted by atomic mass is 16.3. The van der Waals surface area contributed by atoms with Gasteiger partial charge in [0.25, 0.3) is 0 Å². The van der Waals surface area contributed by atoms with Crippen molar-refractivity contribution in [3.8, 4) is 5.75 Å². The number of phenolic OH excluding ortho intramolecular Hbond substituents is 1. The summed E-state index contributed by atoms with van der Waals surface area (Å²) in [5.41, 5.74) is 6.54. The van der Waals surface area contributed by atoms with E-state index in [-0.39, 0.29) is 5.75 Å². The van der Waals surface area contributed by atoms with Crippen LogP contribution < -0.4 is 5.73 Å². The highest BCUT2D eigenvalue weighted by Crippen LogP contribution is 2.17. The minimum absolute atomic E-state index is 0.247. The number of nitrogens with two attached hydrogens (primary N) is 1. The van der Waals surface area contributed by atoms with E-state index in [1.807, 2.05) is 0 Å². The third-order valence-electron chi connectivity index (χ3n) is 1.66. The molecular weight excluding hydrogens is 166 g/mol. The van der Waals surface area contributed by atoms with E-state index in [0.717, 1.165) is 11.1 Å². The van der Waals surface area contributed by atoms with E-state index in [1.54, 1.807) is 31.2 Å². The van der Waals surface area contributed by atoms with Gasteiger partial charge in [0.1, 0.15) is 5.75 Å². The van der Waals surface area contributed by atoms with E-state index in [1.165, 1.54) is 6.08 Å². The number of aromatic hydroxyl groups is 1. The number of amides is 1. The van der Waals surface area contributed by atoms with Gasteiger partial charge in [0.05, 0.1) is 0 Å². The first-order chi connectivity index (χ1) is 6.09. The van der Waals surface area contributed by atoms with Crippen LogP contribution in [0.1, 0.15) is 11.1 Å². The predicted molar refractivity (Wildman–Crippen MR) is 51.1 cm³/mol. The Labute approximate surface area is 76.5 Å². The van der Waals surface area contributed by atoms with Crippen molar-refractivity contribution >= 4 is 12.0 Å². The van der Waals surface area contributed by atoms with E-state index >= 15 is 0 Å². The van der Waals surface area contributed by atoms with Crippen LogP contribution in [0.5, 0.6) is 5.75 Å². The second-order valence-corrected chi connectivity index (χ2v) is 2.78. The Morgan fingerprint density at radius 3 is 2.77 bits per heavy atom. The van der Waals surface area contributed by atoms with Crippen molar-refractivity contribution in [3.05, 3.63) is 35.4 Å². The van der Waals surface area contributed by atoms with Crippen LogP contribution in [0.2, 0.25) is 0 Å². The molecule has 0 saturated heterocycles. The Hall–Kier alpha value is -1.77. The maximum absolute atomic E-state index is 10.4. The normalized spacial score (nSPS) is 10.5. The second-order valence-electron chi connectivity index (χ2n) is 2.78. The summed E-state index contributed by atoms with van der Waals surface area (Å²) < 4.78 is 0. The van der Waals surface area contributed by atoms with E-state index in [9.17, 15) is 9.90 Å². The van der Waals surface area contributed by atoms with E-state index in [0.29, 0.717) is 0 Å². The standard InChI is InChI=1S/C10H11NO2/c1-7-6-8(2-4-9(7)12)3-5-10(11)13/h2-6,12H,1H3,(H2,11,13)/b5-3-. The zero-order valence-electron chi connectivity index (χ0n) is 7.32. The number of phenols is 1. The van der Waals surface area contributed by atoms with Gasteiger partial charge in [0.15, 0.2) is 0 Å². The van der Waals surface area contributed by atoms with Crippen molar-refractivity contribution in [2.45, 2.75) is 6.92 Å². The minimum Gasteiger partial charge on any atom is -0.508 e. The zero-order chi connectivity index (χ0) is 9.84. The summed E-state index contributed by atoms with van der Waals surface area (Å²) in [5, 5.41) is 9.21. The Morgan fingerprint density at radius 1 is 1.54 bits per heavy atom. The fraction of sp³-hybridized carbons (Fsp3) is 0.100. The van der Waals surface area contributed by atoms with Gasteiger partial charge >= 0.3 is 0 Å². The Morgan fingerprint density at radius 2 is 2.23 bits per heavy atom. The molecule has 0 atom stereocenters. The summed E-state index contributed by atoms with van der Waals surface area (Å²) in [4.78, 5) is 10.4. The minimum atomic E-state index is -0.481. The molecule has 0 aliphatic carbocycles. The quantitative estimate of drug-likeness (QED) is 0.666. The number of carbonyl (C=O) groups is 1. The molecule has 0 spiro atoms. The smallest absolute Gasteiger partial charge is 0.241 e. The van der Waals surface area contributed by atoms with Gasteiger partial charge in [0.2, 0.25) is 5.91 Å². The molecule has 0 aliphatic rings.